The van der Waals surface area contributed by atoms with Crippen molar-refractivity contribution >= 4 is 11.6 Å². The van der Waals surface area contributed by atoms with E-state index in [2.05, 4.69) is 17.2 Å². The van der Waals surface area contributed by atoms with Crippen molar-refractivity contribution in [2.45, 2.75) is 19.8 Å². The lowest BCUT2D eigenvalue weighted by atomic mass is 10.2. The van der Waals surface area contributed by atoms with Crippen LogP contribution in [0.2, 0.25) is 0 Å². The van der Waals surface area contributed by atoms with Gasteiger partial charge in [-0.15, -0.1) is 0 Å². The van der Waals surface area contributed by atoms with Crippen LogP contribution in [0.4, 0.5) is 5.69 Å². The molecule has 0 atom stereocenters. The molecular weight excluding hydrogens is 242 g/mol. The van der Waals surface area contributed by atoms with Gasteiger partial charge in [-0.3, -0.25) is 4.79 Å². The van der Waals surface area contributed by atoms with Crippen LogP contribution in [-0.4, -0.2) is 30.8 Å². The average Bonchev–Trinajstić information content (AvgIpc) is 2.41. The Morgan fingerprint density at radius 3 is 2.74 bits per heavy atom. The van der Waals surface area contributed by atoms with Gasteiger partial charge in [-0.05, 0) is 31.2 Å². The maximum absolute atomic E-state index is 11.5. The molecule has 1 amide bonds. The normalized spacial score (nSPS) is 9.58. The van der Waals surface area contributed by atoms with Crippen molar-refractivity contribution in [2.24, 2.45) is 0 Å². The van der Waals surface area contributed by atoms with Crippen LogP contribution in [0.5, 0.6) is 0 Å². The summed E-state index contributed by atoms with van der Waals surface area (Å²) in [6.07, 6.45) is 0.821. The first-order chi connectivity index (χ1) is 9.26. The number of ether oxygens (including phenoxy) is 1. The Bertz CT molecular complexity index is 443. The fraction of sp³-hybridized carbons (Fsp3) is 0.400. The SMILES string of the molecule is CCOCCC(=O)Nc1ccc(C#CCCO)cc1. The molecule has 0 fully saturated rings. The van der Waals surface area contributed by atoms with Gasteiger partial charge in [0.25, 0.3) is 0 Å². The van der Waals surface area contributed by atoms with E-state index in [0.717, 1.165) is 11.3 Å². The molecule has 0 bridgehead atoms. The van der Waals surface area contributed by atoms with E-state index in [-0.39, 0.29) is 12.5 Å². The topological polar surface area (TPSA) is 58.6 Å². The maximum Gasteiger partial charge on any atom is 0.226 e. The maximum atomic E-state index is 11.5. The standard InChI is InChI=1S/C15H19NO3/c1-2-19-12-10-15(18)16-14-8-6-13(7-9-14)5-3-4-11-17/h6-9,17H,2,4,10-12H2,1H3,(H,16,18). The highest BCUT2D eigenvalue weighted by molar-refractivity contribution is 5.90. The molecule has 0 radical (unpaired) electrons. The summed E-state index contributed by atoms with van der Waals surface area (Å²) in [6, 6.07) is 7.29. The Morgan fingerprint density at radius 1 is 1.37 bits per heavy atom. The van der Waals surface area contributed by atoms with E-state index >= 15 is 0 Å². The second-order valence-electron chi connectivity index (χ2n) is 3.85. The molecule has 0 aliphatic heterocycles. The highest BCUT2D eigenvalue weighted by atomic mass is 16.5. The molecule has 0 aromatic heterocycles. The lowest BCUT2D eigenvalue weighted by molar-refractivity contribution is -0.117. The first-order valence-corrected chi connectivity index (χ1v) is 6.33. The Labute approximate surface area is 113 Å². The van der Waals surface area contributed by atoms with Crippen molar-refractivity contribution in [3.8, 4) is 11.8 Å². The lowest BCUT2D eigenvalue weighted by Gasteiger charge is -2.05. The Kier molecular flexibility index (Phi) is 7.33. The van der Waals surface area contributed by atoms with Crippen LogP contribution >= 0.6 is 0 Å². The molecule has 0 heterocycles. The van der Waals surface area contributed by atoms with Crippen LogP contribution in [0.15, 0.2) is 24.3 Å². The minimum Gasteiger partial charge on any atom is -0.395 e. The van der Waals surface area contributed by atoms with E-state index in [0.29, 0.717) is 26.1 Å². The zero-order valence-corrected chi connectivity index (χ0v) is 11.1. The van der Waals surface area contributed by atoms with Gasteiger partial charge >= 0.3 is 0 Å². The van der Waals surface area contributed by atoms with Gasteiger partial charge in [0.15, 0.2) is 0 Å². The van der Waals surface area contributed by atoms with Gasteiger partial charge in [-0.25, -0.2) is 0 Å². The smallest absolute Gasteiger partial charge is 0.226 e. The quantitative estimate of drug-likeness (QED) is 0.606. The van der Waals surface area contributed by atoms with Crippen molar-refractivity contribution in [1.82, 2.24) is 0 Å². The Balaban J connectivity index is 2.44. The Hall–Kier alpha value is -1.83. The van der Waals surface area contributed by atoms with E-state index < -0.39 is 0 Å². The van der Waals surface area contributed by atoms with Crippen LogP contribution < -0.4 is 5.32 Å². The van der Waals surface area contributed by atoms with E-state index in [1.807, 2.05) is 31.2 Å². The van der Waals surface area contributed by atoms with Crippen LogP contribution in [0.25, 0.3) is 0 Å². The molecule has 102 valence electrons. The number of carbonyl (C=O) groups excluding carboxylic acids is 1. The van der Waals surface area contributed by atoms with Crippen molar-refractivity contribution in [2.75, 3.05) is 25.1 Å². The highest BCUT2D eigenvalue weighted by Crippen LogP contribution is 2.09. The zero-order chi connectivity index (χ0) is 13.9. The van der Waals surface area contributed by atoms with Gasteiger partial charge in [0.2, 0.25) is 5.91 Å². The number of carbonyl (C=O) groups is 1. The van der Waals surface area contributed by atoms with Crippen LogP contribution in [-0.2, 0) is 9.53 Å². The third-order valence-electron chi connectivity index (χ3n) is 2.32. The van der Waals surface area contributed by atoms with Crippen LogP contribution in [0, 0.1) is 11.8 Å². The number of aliphatic hydroxyl groups is 1. The van der Waals surface area contributed by atoms with Gasteiger partial charge in [0, 0.05) is 24.3 Å². The van der Waals surface area contributed by atoms with E-state index in [1.165, 1.54) is 0 Å². The summed E-state index contributed by atoms with van der Waals surface area (Å²) in [5.74, 6) is 5.70. The van der Waals surface area contributed by atoms with Gasteiger partial charge in [0.1, 0.15) is 0 Å². The fourth-order valence-corrected chi connectivity index (χ4v) is 1.39. The molecule has 0 aliphatic carbocycles. The number of nitrogens with one attached hydrogen (secondary N) is 1. The summed E-state index contributed by atoms with van der Waals surface area (Å²) < 4.78 is 5.12. The molecule has 0 saturated heterocycles. The van der Waals surface area contributed by atoms with E-state index in [4.69, 9.17) is 9.84 Å². The van der Waals surface area contributed by atoms with Crippen LogP contribution in [0.1, 0.15) is 25.3 Å². The number of aliphatic hydroxyl groups excluding tert-OH is 1. The molecule has 1 aromatic rings. The third kappa shape index (κ3) is 6.61. The number of anilines is 1. The largest absolute Gasteiger partial charge is 0.395 e. The summed E-state index contributed by atoms with van der Waals surface area (Å²) in [7, 11) is 0. The third-order valence-corrected chi connectivity index (χ3v) is 2.32. The predicted molar refractivity (Wildman–Crippen MR) is 74.8 cm³/mol. The summed E-state index contributed by atoms with van der Waals surface area (Å²) >= 11 is 0. The molecular formula is C15H19NO3. The average molecular weight is 261 g/mol. The van der Waals surface area contributed by atoms with E-state index in [1.54, 1.807) is 0 Å². The first kappa shape index (κ1) is 15.2. The molecule has 1 aromatic carbocycles. The van der Waals surface area contributed by atoms with Crippen molar-refractivity contribution < 1.29 is 14.6 Å². The lowest BCUT2D eigenvalue weighted by Crippen LogP contribution is -2.14. The summed E-state index contributed by atoms with van der Waals surface area (Å²) in [4.78, 5) is 11.5. The fourth-order valence-electron chi connectivity index (χ4n) is 1.39. The number of hydrogen-bond donors (Lipinski definition) is 2. The molecule has 0 aliphatic rings. The van der Waals surface area contributed by atoms with Gasteiger partial charge in [-0.2, -0.15) is 0 Å². The van der Waals surface area contributed by atoms with Gasteiger partial charge < -0.3 is 15.2 Å². The number of amides is 1. The Morgan fingerprint density at radius 2 is 2.11 bits per heavy atom. The monoisotopic (exact) mass is 261 g/mol. The molecule has 19 heavy (non-hydrogen) atoms. The molecule has 4 heteroatoms. The zero-order valence-electron chi connectivity index (χ0n) is 11.1. The molecule has 1 rings (SSSR count). The van der Waals surface area contributed by atoms with Crippen LogP contribution in [0.3, 0.4) is 0 Å². The van der Waals surface area contributed by atoms with E-state index in [9.17, 15) is 4.79 Å². The molecule has 4 nitrogen and oxygen atoms in total. The molecule has 0 spiro atoms. The molecule has 0 unspecified atom stereocenters. The number of rotatable bonds is 6. The minimum atomic E-state index is -0.0624. The minimum absolute atomic E-state index is 0.0624. The molecule has 2 N–H and O–H groups in total. The second kappa shape index (κ2) is 9.15. The van der Waals surface area contributed by atoms with Crippen molar-refractivity contribution in [3.63, 3.8) is 0 Å². The number of benzene rings is 1. The molecule has 0 saturated carbocycles. The summed E-state index contributed by atoms with van der Waals surface area (Å²) in [6.45, 7) is 3.02. The van der Waals surface area contributed by atoms with Crippen molar-refractivity contribution in [1.29, 1.82) is 0 Å². The predicted octanol–water partition coefficient (Wildman–Crippen LogP) is 1.79. The highest BCUT2D eigenvalue weighted by Gasteiger charge is 2.01. The van der Waals surface area contributed by atoms with Gasteiger partial charge in [-0.1, -0.05) is 11.8 Å². The van der Waals surface area contributed by atoms with Gasteiger partial charge in [0.05, 0.1) is 19.6 Å². The second-order valence-corrected chi connectivity index (χ2v) is 3.85. The summed E-state index contributed by atoms with van der Waals surface area (Å²) in [5.41, 5.74) is 1.61. The number of hydrogen-bond acceptors (Lipinski definition) is 3. The summed E-state index contributed by atoms with van der Waals surface area (Å²) in [5, 5.41) is 11.4. The first-order valence-electron chi connectivity index (χ1n) is 6.33. The van der Waals surface area contributed by atoms with Crippen molar-refractivity contribution in [3.05, 3.63) is 29.8 Å².